The maximum absolute atomic E-state index is 12.5. The van der Waals surface area contributed by atoms with Crippen LogP contribution in [0.5, 0.6) is 0 Å². The summed E-state index contributed by atoms with van der Waals surface area (Å²) in [5.74, 6) is -2.68. The van der Waals surface area contributed by atoms with E-state index >= 15 is 0 Å². The summed E-state index contributed by atoms with van der Waals surface area (Å²) < 4.78 is 25.0. The van der Waals surface area contributed by atoms with Crippen LogP contribution in [0, 0.1) is 5.41 Å². The van der Waals surface area contributed by atoms with Gasteiger partial charge in [-0.2, -0.15) is 8.78 Å². The molecule has 2 heterocycles. The zero-order valence-electron chi connectivity index (χ0n) is 11.4. The minimum Gasteiger partial charge on any atom is -0.337 e. The van der Waals surface area contributed by atoms with Gasteiger partial charge >= 0.3 is 0 Å². The van der Waals surface area contributed by atoms with E-state index in [1.165, 1.54) is 11.3 Å². The monoisotopic (exact) mass is 320 g/mol. The van der Waals surface area contributed by atoms with Gasteiger partial charge in [0.1, 0.15) is 4.88 Å². The highest BCUT2D eigenvalue weighted by Crippen LogP contribution is 2.35. The van der Waals surface area contributed by atoms with E-state index in [1.54, 1.807) is 16.3 Å². The Labute approximate surface area is 125 Å². The highest BCUT2D eigenvalue weighted by molar-refractivity contribution is 7.99. The second-order valence-corrected chi connectivity index (χ2v) is 7.55. The van der Waals surface area contributed by atoms with Crippen LogP contribution in [-0.4, -0.2) is 35.7 Å². The molecule has 0 saturated carbocycles. The summed E-state index contributed by atoms with van der Waals surface area (Å²) in [6, 6.07) is 1.64. The third-order valence-corrected chi connectivity index (χ3v) is 5.44. The molecule has 1 aromatic heterocycles. The number of nitrogens with zero attached hydrogens (tertiary/aromatic N) is 1. The minimum absolute atomic E-state index is 0.0600. The summed E-state index contributed by atoms with van der Waals surface area (Å²) in [5, 5.41) is 1.68. The van der Waals surface area contributed by atoms with Crippen molar-refractivity contribution < 1.29 is 13.6 Å². The molecule has 1 aliphatic heterocycles. The Balaban J connectivity index is 2.14. The molecule has 1 atom stereocenters. The quantitative estimate of drug-likeness (QED) is 0.870. The molecule has 20 heavy (non-hydrogen) atoms. The average Bonchev–Trinajstić information content (AvgIpc) is 2.79. The number of halogens is 2. The van der Waals surface area contributed by atoms with Crippen molar-refractivity contribution in [3.8, 4) is 0 Å². The van der Waals surface area contributed by atoms with Crippen LogP contribution in [0.3, 0.4) is 0 Å². The molecule has 112 valence electrons. The summed E-state index contributed by atoms with van der Waals surface area (Å²) in [5.41, 5.74) is 5.90. The Kier molecular flexibility index (Phi) is 4.71. The van der Waals surface area contributed by atoms with Crippen molar-refractivity contribution in [2.75, 3.05) is 13.1 Å². The molecule has 7 heteroatoms. The van der Waals surface area contributed by atoms with Crippen LogP contribution in [0.2, 0.25) is 0 Å². The number of nitrogens with two attached hydrogens (primary N) is 1. The van der Waals surface area contributed by atoms with Crippen molar-refractivity contribution in [1.29, 1.82) is 0 Å². The fourth-order valence-electron chi connectivity index (χ4n) is 2.33. The van der Waals surface area contributed by atoms with Crippen LogP contribution in [0.25, 0.3) is 0 Å². The predicted octanol–water partition coefficient (Wildman–Crippen LogP) is 3.26. The fraction of sp³-hybridized carbons (Fsp3) is 0.615. The molecule has 0 aliphatic carbocycles. The number of piperidine rings is 1. The lowest BCUT2D eigenvalue weighted by atomic mass is 9.79. The molecule has 1 fully saturated rings. The van der Waals surface area contributed by atoms with Crippen molar-refractivity contribution in [3.63, 3.8) is 0 Å². The third-order valence-electron chi connectivity index (χ3n) is 3.64. The highest BCUT2D eigenvalue weighted by Gasteiger charge is 2.36. The van der Waals surface area contributed by atoms with Crippen LogP contribution in [0.1, 0.15) is 29.9 Å². The lowest BCUT2D eigenvalue weighted by Gasteiger charge is -2.42. The Morgan fingerprint density at radius 1 is 1.60 bits per heavy atom. The number of carbonyl (C=O) groups is 1. The normalized spacial score (nSPS) is 22.3. The molecule has 3 nitrogen and oxygen atoms in total. The number of rotatable bonds is 3. The SMILES string of the molecule is CC1(C)CN(C(=O)c2sccc2SC(F)F)CCC1N. The van der Waals surface area contributed by atoms with Gasteiger partial charge in [0.05, 0.1) is 0 Å². The Hall–Kier alpha value is -0.660. The average molecular weight is 320 g/mol. The Bertz CT molecular complexity index is 490. The van der Waals surface area contributed by atoms with Gasteiger partial charge in [-0.25, -0.2) is 0 Å². The minimum atomic E-state index is -2.51. The van der Waals surface area contributed by atoms with E-state index in [0.29, 0.717) is 34.6 Å². The van der Waals surface area contributed by atoms with E-state index in [-0.39, 0.29) is 17.4 Å². The lowest BCUT2D eigenvalue weighted by Crippen LogP contribution is -2.53. The van der Waals surface area contributed by atoms with Crippen LogP contribution in [-0.2, 0) is 0 Å². The molecular weight excluding hydrogens is 302 g/mol. The molecule has 0 spiro atoms. The Morgan fingerprint density at radius 2 is 2.30 bits per heavy atom. The van der Waals surface area contributed by atoms with Crippen LogP contribution < -0.4 is 5.73 Å². The van der Waals surface area contributed by atoms with Crippen molar-refractivity contribution in [2.24, 2.45) is 11.1 Å². The molecule has 1 unspecified atom stereocenters. The molecule has 2 rings (SSSR count). The van der Waals surface area contributed by atoms with Gasteiger partial charge in [-0.15, -0.1) is 11.3 Å². The second-order valence-electron chi connectivity index (χ2n) is 5.60. The van der Waals surface area contributed by atoms with E-state index in [4.69, 9.17) is 5.73 Å². The zero-order chi connectivity index (χ0) is 14.9. The molecule has 1 saturated heterocycles. The summed E-state index contributed by atoms with van der Waals surface area (Å²) >= 11 is 1.65. The zero-order valence-corrected chi connectivity index (χ0v) is 13.1. The number of amides is 1. The topological polar surface area (TPSA) is 46.3 Å². The maximum atomic E-state index is 12.5. The van der Waals surface area contributed by atoms with Gasteiger partial charge in [-0.3, -0.25) is 4.79 Å². The molecule has 0 radical (unpaired) electrons. The van der Waals surface area contributed by atoms with Crippen molar-refractivity contribution in [3.05, 3.63) is 16.3 Å². The fourth-order valence-corrected chi connectivity index (χ4v) is 4.00. The number of hydrogen-bond acceptors (Lipinski definition) is 4. The van der Waals surface area contributed by atoms with E-state index in [9.17, 15) is 13.6 Å². The smallest absolute Gasteiger partial charge is 0.288 e. The van der Waals surface area contributed by atoms with Gasteiger partial charge in [0.2, 0.25) is 0 Å². The molecular formula is C13H18F2N2OS2. The summed E-state index contributed by atoms with van der Waals surface area (Å²) in [6.07, 6.45) is 0.738. The number of likely N-dealkylation sites (tertiary alicyclic amines) is 1. The first kappa shape index (κ1) is 15.7. The van der Waals surface area contributed by atoms with Gasteiger partial charge in [0.25, 0.3) is 11.7 Å². The van der Waals surface area contributed by atoms with Gasteiger partial charge in [0.15, 0.2) is 0 Å². The van der Waals surface area contributed by atoms with Crippen LogP contribution in [0.15, 0.2) is 16.3 Å². The molecule has 0 aromatic carbocycles. The van der Waals surface area contributed by atoms with Crippen molar-refractivity contribution in [2.45, 2.75) is 37.0 Å². The molecule has 2 N–H and O–H groups in total. The van der Waals surface area contributed by atoms with Crippen LogP contribution >= 0.6 is 23.1 Å². The Morgan fingerprint density at radius 3 is 2.90 bits per heavy atom. The number of thioether (sulfide) groups is 1. The standard InChI is InChI=1S/C13H18F2N2OS2/c1-13(2)7-17(5-3-9(13)16)11(18)10-8(4-6-19-10)20-12(14)15/h4,6,9,12H,3,5,7,16H2,1-2H3. The lowest BCUT2D eigenvalue weighted by molar-refractivity contribution is 0.0534. The van der Waals surface area contributed by atoms with Crippen molar-refractivity contribution >= 4 is 29.0 Å². The molecule has 0 bridgehead atoms. The predicted molar refractivity (Wildman–Crippen MR) is 78.5 cm³/mol. The summed E-state index contributed by atoms with van der Waals surface area (Å²) in [7, 11) is 0. The number of alkyl halides is 2. The van der Waals surface area contributed by atoms with Gasteiger partial charge in [0, 0.05) is 24.0 Å². The number of carbonyl (C=O) groups excluding carboxylic acids is 1. The first-order valence-corrected chi connectivity index (χ1v) is 8.14. The first-order valence-electron chi connectivity index (χ1n) is 6.38. The van der Waals surface area contributed by atoms with E-state index in [1.807, 2.05) is 13.8 Å². The number of hydrogen-bond donors (Lipinski definition) is 1. The molecule has 1 aromatic rings. The van der Waals surface area contributed by atoms with E-state index in [0.717, 1.165) is 6.42 Å². The largest absolute Gasteiger partial charge is 0.337 e. The summed E-state index contributed by atoms with van der Waals surface area (Å²) in [6.45, 7) is 5.20. The van der Waals surface area contributed by atoms with Crippen molar-refractivity contribution in [1.82, 2.24) is 4.90 Å². The highest BCUT2D eigenvalue weighted by atomic mass is 32.2. The molecule has 1 amide bonds. The van der Waals surface area contributed by atoms with Gasteiger partial charge in [-0.1, -0.05) is 25.6 Å². The van der Waals surface area contributed by atoms with E-state index in [2.05, 4.69) is 0 Å². The molecule has 1 aliphatic rings. The van der Waals surface area contributed by atoms with E-state index < -0.39 is 5.76 Å². The van der Waals surface area contributed by atoms with Gasteiger partial charge < -0.3 is 10.6 Å². The van der Waals surface area contributed by atoms with Crippen LogP contribution in [0.4, 0.5) is 8.78 Å². The van der Waals surface area contributed by atoms with Gasteiger partial charge in [-0.05, 0) is 23.3 Å². The third kappa shape index (κ3) is 3.32. The second kappa shape index (κ2) is 5.99. The first-order chi connectivity index (χ1) is 9.31. The maximum Gasteiger partial charge on any atom is 0.288 e. The summed E-state index contributed by atoms with van der Waals surface area (Å²) in [4.78, 5) is 15.0. The number of thiophene rings is 1.